The Morgan fingerprint density at radius 3 is 0.918 bits per heavy atom. The van der Waals surface area contributed by atoms with Gasteiger partial charge in [0.1, 0.15) is 5.69 Å². The van der Waals surface area contributed by atoms with E-state index in [4.69, 9.17) is 136 Å². The third-order valence-corrected chi connectivity index (χ3v) is 30.1. The van der Waals surface area contributed by atoms with Crippen molar-refractivity contribution in [1.29, 1.82) is 0 Å². The molecule has 0 bridgehead atoms. The number of hydrogen-bond donors (Lipinski definition) is 7. The number of alkyl halides is 1. The molecule has 15 aromatic rings. The van der Waals surface area contributed by atoms with Crippen molar-refractivity contribution in [2.45, 2.75) is 154 Å². The fourth-order valence-corrected chi connectivity index (χ4v) is 21.5. The Kier molecular flexibility index (Phi) is 40.9. The zero-order chi connectivity index (χ0) is 105. The minimum Gasteiger partial charge on any atom is -0.461 e. The molecular weight excluding hydrogens is 2470 g/mol. The van der Waals surface area contributed by atoms with Gasteiger partial charge in [0.25, 0.3) is 5.91 Å². The predicted molar refractivity (Wildman–Crippen MR) is 613 cm³/mol. The largest absolute Gasteiger partial charge is 0.461 e. The summed E-state index contributed by atoms with van der Waals surface area (Å²) in [6.07, 6.45) is 16.5. The zero-order valence-corrected chi connectivity index (χ0v) is 96.0. The van der Waals surface area contributed by atoms with Crippen LogP contribution in [0, 0.1) is 20.8 Å². The SMILES string of the molecule is CCOC(=O)c1nn(-c2ccc(Cl)cc2Cl)c(-c2ccc(Br)cc2)c1C.Cc1c(C(=O)N=[N+]=[N-])nn(-c2ccc(Cl)cc2Cl)c1-c1ccc(Br)cc1.Cc1c(NC(=O)NC2CCCCC2)nn(-c2ccc(Cl)cc2Cl)c1-c1ccc(Br)cc1.O=C(Nc1nn(-c2ccc(Cl)cc2Cl)c(-c2ccc(Br)cc2)c1CBr)NC1CCCCC1.O=C(Nc1nn(-c2ccc(Cl)cc2Cl)c(-c2ccc(Br)cc2)c1CO)NC1CCCCC1. The van der Waals surface area contributed by atoms with Crippen LogP contribution in [-0.4, -0.2) is 109 Å². The quantitative estimate of drug-likeness (QED) is 0.0116. The number of nitrogens with zero attached hydrogens (tertiary/aromatic N) is 13. The van der Waals surface area contributed by atoms with Crippen LogP contribution in [0.1, 0.15) is 152 Å². The summed E-state index contributed by atoms with van der Waals surface area (Å²) in [5, 5.41) is 59.5. The van der Waals surface area contributed by atoms with E-state index in [2.05, 4.69) is 153 Å². The highest BCUT2D eigenvalue weighted by Gasteiger charge is 2.32. The lowest BCUT2D eigenvalue weighted by Gasteiger charge is -2.22. The second-order valence-corrected chi connectivity index (χ2v) is 43.6. The highest BCUT2D eigenvalue weighted by molar-refractivity contribution is 9.11. The normalized spacial score (nSPS) is 13.1. The van der Waals surface area contributed by atoms with E-state index in [0.717, 1.165) is 161 Å². The van der Waals surface area contributed by atoms with Gasteiger partial charge in [0.05, 0.1) is 95.2 Å². The van der Waals surface area contributed by atoms with Gasteiger partial charge in [-0.15, -0.1) is 15.3 Å². The number of carbonyl (C=O) groups excluding carboxylic acids is 5. The molecule has 147 heavy (non-hydrogen) atoms. The van der Waals surface area contributed by atoms with Gasteiger partial charge in [-0.05, 0) is 229 Å². The van der Waals surface area contributed by atoms with Gasteiger partial charge in [0.15, 0.2) is 23.1 Å². The number of aromatic nitrogens is 10. The van der Waals surface area contributed by atoms with Crippen molar-refractivity contribution in [2.24, 2.45) is 5.11 Å². The number of amides is 7. The van der Waals surface area contributed by atoms with Crippen molar-refractivity contribution in [3.63, 3.8) is 0 Å². The molecule has 0 spiro atoms. The highest BCUT2D eigenvalue weighted by Crippen LogP contribution is 2.44. The molecule has 0 radical (unpaired) electrons. The van der Waals surface area contributed by atoms with Gasteiger partial charge < -0.3 is 25.8 Å². The number of anilines is 3. The molecule has 3 aliphatic carbocycles. The molecule has 5 aromatic heterocycles. The van der Waals surface area contributed by atoms with Crippen LogP contribution in [0.2, 0.25) is 50.2 Å². The van der Waals surface area contributed by atoms with Crippen molar-refractivity contribution in [3.05, 3.63) is 335 Å². The maximum absolute atomic E-state index is 12.8. The second-order valence-electron chi connectivity index (χ2n) is 34.2. The molecule has 0 saturated heterocycles. The lowest BCUT2D eigenvalue weighted by Crippen LogP contribution is -2.39. The summed E-state index contributed by atoms with van der Waals surface area (Å²) in [4.78, 5) is 65.1. The monoisotopic (exact) mass is 2550 g/mol. The van der Waals surface area contributed by atoms with Gasteiger partial charge in [-0.3, -0.25) is 20.7 Å². The number of carbonyl (C=O) groups is 5. The molecule has 5 heterocycles. The lowest BCUT2D eigenvalue weighted by molar-refractivity contribution is 0.0517. The van der Waals surface area contributed by atoms with E-state index in [1.165, 1.54) is 19.3 Å². The summed E-state index contributed by atoms with van der Waals surface area (Å²) in [5.41, 5.74) is 23.7. The Morgan fingerprint density at radius 1 is 0.367 bits per heavy atom. The van der Waals surface area contributed by atoms with Crippen LogP contribution in [0.5, 0.6) is 0 Å². The van der Waals surface area contributed by atoms with Crippen molar-refractivity contribution >= 4 is 259 Å². The molecule has 18 rings (SSSR count). The van der Waals surface area contributed by atoms with Crippen molar-refractivity contribution in [3.8, 4) is 84.7 Å². The molecule has 42 heteroatoms. The minimum absolute atomic E-state index is 0.0618. The lowest BCUT2D eigenvalue weighted by atomic mass is 9.96. The number of esters is 1. The summed E-state index contributed by atoms with van der Waals surface area (Å²) in [5.74, 6) is 0.0421. The van der Waals surface area contributed by atoms with Crippen LogP contribution in [0.15, 0.2) is 240 Å². The number of ether oxygens (including phenoxy) is 1. The van der Waals surface area contributed by atoms with Gasteiger partial charge >= 0.3 is 24.1 Å². The Hall–Kier alpha value is -9.75. The number of urea groups is 3. The molecule has 3 saturated carbocycles. The number of azide groups is 1. The smallest absolute Gasteiger partial charge is 0.359 e. The summed E-state index contributed by atoms with van der Waals surface area (Å²) in [7, 11) is 0. The Labute approximate surface area is 949 Å². The number of aliphatic hydroxyl groups excluding tert-OH is 1. The summed E-state index contributed by atoms with van der Waals surface area (Å²) >= 11 is 83.3. The molecule has 26 nitrogen and oxygen atoms in total. The van der Waals surface area contributed by atoms with E-state index in [1.54, 1.807) is 116 Å². The average Bonchev–Trinajstić information content (AvgIpc) is 1.75. The van der Waals surface area contributed by atoms with E-state index in [-0.39, 0.29) is 66.6 Å². The van der Waals surface area contributed by atoms with Crippen molar-refractivity contribution in [2.75, 3.05) is 22.6 Å². The molecule has 3 fully saturated rings. The first-order valence-electron chi connectivity index (χ1n) is 46.4. The van der Waals surface area contributed by atoms with Crippen molar-refractivity contribution < 1.29 is 33.8 Å². The van der Waals surface area contributed by atoms with Crippen LogP contribution >= 0.6 is 212 Å². The zero-order valence-electron chi connectivity index (χ0n) is 78.9. The van der Waals surface area contributed by atoms with E-state index < -0.39 is 11.9 Å². The number of aliphatic hydroxyl groups is 1. The third kappa shape index (κ3) is 28.9. The fraction of sp³-hybridized carbons (Fsp3) is 0.238. The van der Waals surface area contributed by atoms with E-state index in [1.807, 2.05) is 147 Å². The van der Waals surface area contributed by atoms with Gasteiger partial charge in [0.2, 0.25) is 0 Å². The molecule has 762 valence electrons. The number of benzene rings is 10. The number of halogens is 16. The van der Waals surface area contributed by atoms with E-state index in [0.29, 0.717) is 118 Å². The van der Waals surface area contributed by atoms with Crippen LogP contribution in [0.3, 0.4) is 0 Å². The fourth-order valence-electron chi connectivity index (χ4n) is 17.2. The molecule has 7 amide bonds. The Bertz CT molecular complexity index is 7160. The predicted octanol–water partition coefficient (Wildman–Crippen LogP) is 34.3. The van der Waals surface area contributed by atoms with Gasteiger partial charge in [-0.1, -0.05) is 330 Å². The van der Waals surface area contributed by atoms with Gasteiger partial charge in [-0.2, -0.15) is 10.2 Å². The summed E-state index contributed by atoms with van der Waals surface area (Å²) in [6, 6.07) is 64.4. The van der Waals surface area contributed by atoms with Gasteiger partial charge in [0, 0.05) is 131 Å². The maximum Gasteiger partial charge on any atom is 0.359 e. The summed E-state index contributed by atoms with van der Waals surface area (Å²) < 4.78 is 18.2. The first-order valence-corrected chi connectivity index (χ1v) is 55.3. The average molecular weight is 2570 g/mol. The second kappa shape index (κ2) is 53.3. The standard InChI is InChI=1S/C23H22Br2Cl2N4O.C23H23BrCl2N4O2.C23H23BrCl2N4O.C19H15BrCl2N2O2.C17H10BrCl2N5O/c24-13-18-21(14-6-8-15(25)9-7-14)31(20-11-10-16(26)12-19(20)27)30-22(18)29-23(32)28-17-4-2-1-3-5-17;24-15-8-6-14(7-9-15)21-18(13-31)22(28-23(32)27-17-4-2-1-3-5-17)29-30(21)20-11-10-16(25)12-19(20)26;1-14-21(15-7-9-16(24)10-8-15)30(20-12-11-17(25)13-19(20)26)29-22(14)28-23(31)27-18-5-3-2-4-6-18;1-3-26-19(25)17-11(2)18(12-4-6-13(20)7-5-12)24(23-17)16-9-8-14(21)10-15(16)22;1-9-15(17(26)22-24-21)23-25(14-7-6-12(19)8-13(14)20)16(9)10-2-4-11(18)5-3-10/h6-12,17H,1-5,13H2,(H2,28,29,30,32);6-12,17,31H,1-5,13H2,(H2,27,28,29,32);7-13,18H,2-6H2,1H3,(H2,27,28,29,31);4-10H,3H2,1-2H3;2-8H,1H3. The highest BCUT2D eigenvalue weighted by atomic mass is 79.9. The first kappa shape index (κ1) is 113. The number of hydrogen-bond acceptors (Lipinski definition) is 12. The molecule has 10 aromatic carbocycles. The van der Waals surface area contributed by atoms with Crippen LogP contribution in [-0.2, 0) is 16.7 Å². The van der Waals surface area contributed by atoms with E-state index in [9.17, 15) is 29.1 Å². The molecule has 0 aliphatic heterocycles. The first-order chi connectivity index (χ1) is 70.7. The van der Waals surface area contributed by atoms with Crippen LogP contribution in [0.4, 0.5) is 31.8 Å². The molecule has 7 N–H and O–H groups in total. The van der Waals surface area contributed by atoms with Crippen LogP contribution in [0.25, 0.3) is 95.2 Å². The minimum atomic E-state index is -0.757. The topological polar surface area (TPSA) is 325 Å². The molecule has 3 aliphatic rings. The van der Waals surface area contributed by atoms with Crippen LogP contribution < -0.4 is 31.9 Å². The van der Waals surface area contributed by atoms with E-state index >= 15 is 0 Å². The molecular formula is C105H93Br6Cl10N19O7. The molecule has 0 unspecified atom stereocenters. The third-order valence-electron chi connectivity index (χ3n) is 24.2. The Morgan fingerprint density at radius 2 is 0.626 bits per heavy atom. The Balaban J connectivity index is 0.000000146. The van der Waals surface area contributed by atoms with Crippen molar-refractivity contribution in [1.82, 2.24) is 64.9 Å². The number of nitrogens with one attached hydrogen (secondary N) is 6. The maximum atomic E-state index is 12.8. The van der Waals surface area contributed by atoms with Gasteiger partial charge in [-0.25, -0.2) is 42.6 Å². The molecule has 0 atom stereocenters. The number of rotatable bonds is 21. The summed E-state index contributed by atoms with van der Waals surface area (Å²) in [6.45, 7) is 7.26.